The summed E-state index contributed by atoms with van der Waals surface area (Å²) in [7, 11) is 0. The zero-order valence-corrected chi connectivity index (χ0v) is 17.5. The molecular weight excluding hydrogens is 354 g/mol. The molecule has 0 rings (SSSR count). The predicted octanol–water partition coefficient (Wildman–Crippen LogP) is -0.305. The lowest BCUT2D eigenvalue weighted by molar-refractivity contribution is -0.124. The maximum absolute atomic E-state index is 10.6. The SMILES string of the molecule is CC.CC(=O)NCN(C=O)CNC(C)=O.CCC(CNC(C)=O)NC(C)=O. The second-order valence-corrected chi connectivity index (χ2v) is 5.22. The predicted molar refractivity (Wildman–Crippen MR) is 103 cm³/mol. The van der Waals surface area contributed by atoms with Crippen molar-refractivity contribution in [3.8, 4) is 0 Å². The van der Waals surface area contributed by atoms with Gasteiger partial charge in [0.15, 0.2) is 0 Å². The van der Waals surface area contributed by atoms with Crippen molar-refractivity contribution in [3.05, 3.63) is 0 Å². The molecule has 1 atom stereocenters. The van der Waals surface area contributed by atoms with Gasteiger partial charge in [-0.2, -0.15) is 0 Å². The Bertz CT molecular complexity index is 439. The molecule has 4 N–H and O–H groups in total. The number of hydrogen-bond acceptors (Lipinski definition) is 5. The van der Waals surface area contributed by atoms with Crippen LogP contribution >= 0.6 is 0 Å². The van der Waals surface area contributed by atoms with E-state index in [0.717, 1.165) is 6.42 Å². The van der Waals surface area contributed by atoms with Crippen LogP contribution in [0.4, 0.5) is 0 Å². The van der Waals surface area contributed by atoms with Crippen molar-refractivity contribution in [2.75, 3.05) is 19.9 Å². The molecule has 0 heterocycles. The van der Waals surface area contributed by atoms with E-state index in [2.05, 4.69) is 21.3 Å². The van der Waals surface area contributed by atoms with Crippen LogP contribution < -0.4 is 21.3 Å². The van der Waals surface area contributed by atoms with Gasteiger partial charge in [0.25, 0.3) is 0 Å². The first-order chi connectivity index (χ1) is 12.6. The summed E-state index contributed by atoms with van der Waals surface area (Å²) in [5.41, 5.74) is 0. The van der Waals surface area contributed by atoms with E-state index >= 15 is 0 Å². The van der Waals surface area contributed by atoms with Gasteiger partial charge in [-0.25, -0.2) is 0 Å². The zero-order chi connectivity index (χ0) is 21.8. The van der Waals surface area contributed by atoms with Gasteiger partial charge in [0.1, 0.15) is 0 Å². The van der Waals surface area contributed by atoms with Crippen molar-refractivity contribution in [2.24, 2.45) is 0 Å². The summed E-state index contributed by atoms with van der Waals surface area (Å²) >= 11 is 0. The molecule has 0 bridgehead atoms. The maximum atomic E-state index is 10.6. The molecule has 0 fully saturated rings. The summed E-state index contributed by atoms with van der Waals surface area (Å²) in [4.78, 5) is 53.7. The van der Waals surface area contributed by atoms with Crippen LogP contribution in [-0.4, -0.2) is 60.9 Å². The Morgan fingerprint density at radius 3 is 1.48 bits per heavy atom. The summed E-state index contributed by atoms with van der Waals surface area (Å²) in [6.07, 6.45) is 1.37. The Balaban J connectivity index is -0.000000391. The van der Waals surface area contributed by atoms with E-state index < -0.39 is 0 Å². The second-order valence-electron chi connectivity index (χ2n) is 5.22. The maximum Gasteiger partial charge on any atom is 0.218 e. The van der Waals surface area contributed by atoms with Gasteiger partial charge in [-0.05, 0) is 6.42 Å². The lowest BCUT2D eigenvalue weighted by Crippen LogP contribution is -2.42. The first-order valence-corrected chi connectivity index (χ1v) is 8.82. The molecule has 10 nitrogen and oxygen atoms in total. The molecule has 0 aliphatic rings. The molecule has 0 aliphatic heterocycles. The van der Waals surface area contributed by atoms with E-state index in [0.29, 0.717) is 13.0 Å². The Hall–Kier alpha value is -2.65. The minimum atomic E-state index is -0.227. The van der Waals surface area contributed by atoms with Crippen LogP contribution in [0, 0.1) is 0 Å². The van der Waals surface area contributed by atoms with E-state index in [-0.39, 0.29) is 43.0 Å². The average Bonchev–Trinajstić information content (AvgIpc) is 2.60. The van der Waals surface area contributed by atoms with E-state index in [9.17, 15) is 24.0 Å². The van der Waals surface area contributed by atoms with Gasteiger partial charge in [0.05, 0.1) is 13.3 Å². The fourth-order valence-electron chi connectivity index (χ4n) is 1.41. The number of nitrogens with zero attached hydrogens (tertiary/aromatic N) is 1. The Kier molecular flexibility index (Phi) is 21.2. The Morgan fingerprint density at radius 2 is 1.22 bits per heavy atom. The summed E-state index contributed by atoms with van der Waals surface area (Å²) < 4.78 is 0. The molecule has 0 saturated heterocycles. The number of carbonyl (C=O) groups excluding carboxylic acids is 5. The summed E-state index contributed by atoms with van der Waals surface area (Å²) in [5.74, 6) is -0.588. The Labute approximate surface area is 161 Å². The van der Waals surface area contributed by atoms with Crippen LogP contribution in [0.3, 0.4) is 0 Å². The molecule has 10 heteroatoms. The van der Waals surface area contributed by atoms with E-state index in [1.54, 1.807) is 0 Å². The standard InChI is InChI=1S/C8H16N2O2.C7H13N3O3.C2H6/c1-4-8(10-7(3)12)5-9-6(2)11;1-6(12)8-3-10(5-11)4-9-7(2)13;1-2/h8H,4-5H2,1-3H3,(H,9,11)(H,10,12);5H,3-4H2,1-2H3,(H,8,12)(H,9,13);1-2H3. The van der Waals surface area contributed by atoms with Crippen LogP contribution in [-0.2, 0) is 24.0 Å². The highest BCUT2D eigenvalue weighted by molar-refractivity contribution is 5.74. The molecule has 0 aromatic rings. The highest BCUT2D eigenvalue weighted by Gasteiger charge is 2.06. The molecule has 1 unspecified atom stereocenters. The van der Waals surface area contributed by atoms with Gasteiger partial charge in [-0.3, -0.25) is 24.0 Å². The topological polar surface area (TPSA) is 137 Å². The molecule has 158 valence electrons. The van der Waals surface area contributed by atoms with Gasteiger partial charge >= 0.3 is 0 Å². The Morgan fingerprint density at radius 1 is 0.815 bits per heavy atom. The van der Waals surface area contributed by atoms with Crippen molar-refractivity contribution in [3.63, 3.8) is 0 Å². The third kappa shape index (κ3) is 25.7. The third-order valence-electron chi connectivity index (χ3n) is 2.71. The first kappa shape index (κ1) is 29.1. The quantitative estimate of drug-likeness (QED) is 0.317. The van der Waals surface area contributed by atoms with E-state index in [4.69, 9.17) is 0 Å². The smallest absolute Gasteiger partial charge is 0.218 e. The summed E-state index contributed by atoms with van der Waals surface area (Å²) in [5, 5.41) is 10.2. The molecular formula is C17H35N5O5. The number of hydrogen-bond donors (Lipinski definition) is 4. The van der Waals surface area contributed by atoms with Gasteiger partial charge < -0.3 is 26.2 Å². The molecule has 0 saturated carbocycles. The molecule has 5 amide bonds. The minimum Gasteiger partial charge on any atom is -0.354 e. The number of carbonyl (C=O) groups is 5. The second kappa shape index (κ2) is 19.7. The summed E-state index contributed by atoms with van der Waals surface area (Å²) in [6, 6.07) is 0.0476. The van der Waals surface area contributed by atoms with E-state index in [1.165, 1.54) is 32.6 Å². The van der Waals surface area contributed by atoms with Crippen molar-refractivity contribution in [1.82, 2.24) is 26.2 Å². The first-order valence-electron chi connectivity index (χ1n) is 8.82. The largest absolute Gasteiger partial charge is 0.354 e. The number of rotatable bonds is 9. The fraction of sp³-hybridized carbons (Fsp3) is 0.706. The van der Waals surface area contributed by atoms with Crippen LogP contribution in [0.25, 0.3) is 0 Å². The number of nitrogens with one attached hydrogen (secondary N) is 4. The van der Waals surface area contributed by atoms with Crippen molar-refractivity contribution in [2.45, 2.75) is 60.9 Å². The van der Waals surface area contributed by atoms with Gasteiger partial charge in [0.2, 0.25) is 30.0 Å². The van der Waals surface area contributed by atoms with Crippen molar-refractivity contribution >= 4 is 30.0 Å². The normalized spacial score (nSPS) is 9.74. The third-order valence-corrected chi connectivity index (χ3v) is 2.71. The van der Waals surface area contributed by atoms with Crippen LogP contribution in [0.15, 0.2) is 0 Å². The van der Waals surface area contributed by atoms with Crippen LogP contribution in [0.2, 0.25) is 0 Å². The van der Waals surface area contributed by atoms with Crippen LogP contribution in [0.5, 0.6) is 0 Å². The number of amides is 5. The lowest BCUT2D eigenvalue weighted by Gasteiger charge is -2.17. The van der Waals surface area contributed by atoms with Crippen LogP contribution in [0.1, 0.15) is 54.9 Å². The molecule has 0 spiro atoms. The molecule has 0 radical (unpaired) electrons. The van der Waals surface area contributed by atoms with Gasteiger partial charge in [0, 0.05) is 40.3 Å². The highest BCUT2D eigenvalue weighted by atomic mass is 16.2. The lowest BCUT2D eigenvalue weighted by atomic mass is 10.2. The molecule has 0 aromatic carbocycles. The minimum absolute atomic E-state index is 0.0476. The fourth-order valence-corrected chi connectivity index (χ4v) is 1.41. The highest BCUT2D eigenvalue weighted by Crippen LogP contribution is 1.88. The van der Waals surface area contributed by atoms with E-state index in [1.807, 2.05) is 20.8 Å². The average molecular weight is 389 g/mol. The van der Waals surface area contributed by atoms with Gasteiger partial charge in [-0.15, -0.1) is 0 Å². The van der Waals surface area contributed by atoms with Gasteiger partial charge in [-0.1, -0.05) is 20.8 Å². The molecule has 0 aliphatic carbocycles. The monoisotopic (exact) mass is 389 g/mol. The molecule has 27 heavy (non-hydrogen) atoms. The van der Waals surface area contributed by atoms with Crippen molar-refractivity contribution in [1.29, 1.82) is 0 Å². The zero-order valence-electron chi connectivity index (χ0n) is 17.5. The van der Waals surface area contributed by atoms with Crippen molar-refractivity contribution < 1.29 is 24.0 Å². The summed E-state index contributed by atoms with van der Waals surface area (Å²) in [6.45, 7) is 12.3. The molecule has 0 aromatic heterocycles.